The normalized spacial score (nSPS) is 10.9. The van der Waals surface area contributed by atoms with Crippen LogP contribution in [-0.2, 0) is 0 Å². The van der Waals surface area contributed by atoms with Crippen LogP contribution in [0, 0.1) is 5.82 Å². The highest BCUT2D eigenvalue weighted by molar-refractivity contribution is 7.99. The van der Waals surface area contributed by atoms with Gasteiger partial charge in [0.15, 0.2) is 16.6 Å². The Morgan fingerprint density at radius 2 is 2.10 bits per heavy atom. The molecule has 0 saturated carbocycles. The standard InChI is InChI=1S/C14H10FN3OS/c1-9(19)11-8-10(15)5-6-12(11)20-14-17-16-13-4-2-3-7-18(13)14/h2-8H,1H3. The first-order chi connectivity index (χ1) is 9.65. The Kier molecular flexibility index (Phi) is 3.23. The van der Waals surface area contributed by atoms with E-state index in [1.807, 2.05) is 28.8 Å². The van der Waals surface area contributed by atoms with Gasteiger partial charge in [0.25, 0.3) is 0 Å². The second kappa shape index (κ2) is 5.05. The molecule has 1 aromatic carbocycles. The second-order valence-corrected chi connectivity index (χ2v) is 5.22. The summed E-state index contributed by atoms with van der Waals surface area (Å²) in [7, 11) is 0. The van der Waals surface area contributed by atoms with Crippen LogP contribution in [0.25, 0.3) is 5.65 Å². The molecule has 0 spiro atoms. The van der Waals surface area contributed by atoms with Gasteiger partial charge >= 0.3 is 0 Å². The Bertz CT molecular complexity index is 800. The average molecular weight is 287 g/mol. The number of halogens is 1. The SMILES string of the molecule is CC(=O)c1cc(F)ccc1Sc1nnc2ccccn12. The van der Waals surface area contributed by atoms with Crippen molar-refractivity contribution in [3.05, 3.63) is 54.0 Å². The fourth-order valence-electron chi connectivity index (χ4n) is 1.85. The number of fused-ring (bicyclic) bond motifs is 1. The number of hydrogen-bond donors (Lipinski definition) is 0. The van der Waals surface area contributed by atoms with E-state index in [2.05, 4.69) is 10.2 Å². The third kappa shape index (κ3) is 2.30. The van der Waals surface area contributed by atoms with Crippen LogP contribution in [0.5, 0.6) is 0 Å². The van der Waals surface area contributed by atoms with Crippen LogP contribution in [0.3, 0.4) is 0 Å². The number of nitrogens with zero attached hydrogens (tertiary/aromatic N) is 3. The maximum absolute atomic E-state index is 13.2. The number of ketones is 1. The van der Waals surface area contributed by atoms with Gasteiger partial charge in [-0.25, -0.2) is 4.39 Å². The molecule has 4 nitrogen and oxygen atoms in total. The molecule has 0 atom stereocenters. The molecule has 0 bridgehead atoms. The summed E-state index contributed by atoms with van der Waals surface area (Å²) < 4.78 is 15.1. The lowest BCUT2D eigenvalue weighted by atomic mass is 10.1. The predicted octanol–water partition coefficient (Wildman–Crippen LogP) is 3.22. The minimum atomic E-state index is -0.425. The number of pyridine rings is 1. The first-order valence-electron chi connectivity index (χ1n) is 5.93. The number of carbonyl (C=O) groups is 1. The smallest absolute Gasteiger partial charge is 0.200 e. The van der Waals surface area contributed by atoms with E-state index in [0.717, 1.165) is 5.65 Å². The lowest BCUT2D eigenvalue weighted by Gasteiger charge is -2.05. The van der Waals surface area contributed by atoms with Crippen molar-refractivity contribution >= 4 is 23.2 Å². The Morgan fingerprint density at radius 3 is 2.90 bits per heavy atom. The first-order valence-corrected chi connectivity index (χ1v) is 6.75. The number of Topliss-reactive ketones (excluding diaryl/α,β-unsaturated/α-hetero) is 1. The van der Waals surface area contributed by atoms with Crippen LogP contribution < -0.4 is 0 Å². The molecule has 0 aliphatic carbocycles. The Morgan fingerprint density at radius 1 is 1.25 bits per heavy atom. The van der Waals surface area contributed by atoms with Crippen LogP contribution >= 0.6 is 11.8 Å². The summed E-state index contributed by atoms with van der Waals surface area (Å²) in [5.41, 5.74) is 1.07. The number of benzene rings is 1. The van der Waals surface area contributed by atoms with Crippen molar-refractivity contribution in [1.29, 1.82) is 0 Å². The highest BCUT2D eigenvalue weighted by Gasteiger charge is 2.13. The summed E-state index contributed by atoms with van der Waals surface area (Å²) >= 11 is 1.29. The molecule has 3 aromatic rings. The van der Waals surface area contributed by atoms with Crippen molar-refractivity contribution in [1.82, 2.24) is 14.6 Å². The highest BCUT2D eigenvalue weighted by Crippen LogP contribution is 2.30. The third-order valence-electron chi connectivity index (χ3n) is 2.80. The molecule has 100 valence electrons. The van der Waals surface area contributed by atoms with Gasteiger partial charge in [-0.1, -0.05) is 6.07 Å². The van der Waals surface area contributed by atoms with E-state index in [1.54, 1.807) is 6.07 Å². The molecule has 0 radical (unpaired) electrons. The van der Waals surface area contributed by atoms with Crippen LogP contribution in [0.4, 0.5) is 4.39 Å². The monoisotopic (exact) mass is 287 g/mol. The summed E-state index contributed by atoms with van der Waals surface area (Å²) in [5.74, 6) is -0.605. The van der Waals surface area contributed by atoms with E-state index >= 15 is 0 Å². The number of hydrogen-bond acceptors (Lipinski definition) is 4. The first kappa shape index (κ1) is 12.8. The van der Waals surface area contributed by atoms with Crippen molar-refractivity contribution in [2.45, 2.75) is 17.0 Å². The van der Waals surface area contributed by atoms with E-state index in [9.17, 15) is 9.18 Å². The molecule has 0 aliphatic heterocycles. The number of aromatic nitrogens is 3. The fourth-order valence-corrected chi connectivity index (χ4v) is 2.83. The van der Waals surface area contributed by atoms with Gasteiger partial charge in [-0.2, -0.15) is 0 Å². The molecular weight excluding hydrogens is 277 g/mol. The van der Waals surface area contributed by atoms with Gasteiger partial charge in [0.1, 0.15) is 5.82 Å². The van der Waals surface area contributed by atoms with Crippen LogP contribution in [0.2, 0.25) is 0 Å². The van der Waals surface area contributed by atoms with Gasteiger partial charge in [-0.15, -0.1) is 10.2 Å². The maximum Gasteiger partial charge on any atom is 0.200 e. The zero-order chi connectivity index (χ0) is 14.1. The van der Waals surface area contributed by atoms with Gasteiger partial charge < -0.3 is 0 Å². The zero-order valence-electron chi connectivity index (χ0n) is 10.6. The number of carbonyl (C=O) groups excluding carboxylic acids is 1. The Balaban J connectivity index is 2.05. The quantitative estimate of drug-likeness (QED) is 0.694. The molecule has 6 heteroatoms. The molecule has 0 N–H and O–H groups in total. The molecule has 20 heavy (non-hydrogen) atoms. The molecular formula is C14H10FN3OS. The predicted molar refractivity (Wildman–Crippen MR) is 73.5 cm³/mol. The lowest BCUT2D eigenvalue weighted by Crippen LogP contribution is -1.97. The van der Waals surface area contributed by atoms with E-state index in [1.165, 1.54) is 30.8 Å². The molecule has 0 unspecified atom stereocenters. The molecule has 0 fully saturated rings. The molecule has 0 aliphatic rings. The van der Waals surface area contributed by atoms with E-state index in [-0.39, 0.29) is 5.78 Å². The van der Waals surface area contributed by atoms with Crippen LogP contribution in [0.1, 0.15) is 17.3 Å². The largest absolute Gasteiger partial charge is 0.294 e. The van der Waals surface area contributed by atoms with Gasteiger partial charge in [0.2, 0.25) is 0 Å². The van der Waals surface area contributed by atoms with Crippen LogP contribution in [0.15, 0.2) is 52.6 Å². The van der Waals surface area contributed by atoms with Crippen molar-refractivity contribution in [3.8, 4) is 0 Å². The minimum Gasteiger partial charge on any atom is -0.294 e. The van der Waals surface area contributed by atoms with Crippen molar-refractivity contribution in [3.63, 3.8) is 0 Å². The summed E-state index contributed by atoms with van der Waals surface area (Å²) in [6.07, 6.45) is 1.84. The van der Waals surface area contributed by atoms with Crippen molar-refractivity contribution in [2.24, 2.45) is 0 Å². The molecule has 0 amide bonds. The van der Waals surface area contributed by atoms with Crippen molar-refractivity contribution < 1.29 is 9.18 Å². The Hall–Kier alpha value is -2.21. The third-order valence-corrected chi connectivity index (χ3v) is 3.84. The summed E-state index contributed by atoms with van der Waals surface area (Å²) in [6.45, 7) is 1.42. The fraction of sp³-hybridized carbons (Fsp3) is 0.0714. The zero-order valence-corrected chi connectivity index (χ0v) is 11.4. The maximum atomic E-state index is 13.2. The summed E-state index contributed by atoms with van der Waals surface area (Å²) in [6, 6.07) is 9.74. The molecule has 0 saturated heterocycles. The highest BCUT2D eigenvalue weighted by atomic mass is 32.2. The summed E-state index contributed by atoms with van der Waals surface area (Å²) in [4.78, 5) is 12.3. The van der Waals surface area contributed by atoms with E-state index in [4.69, 9.17) is 0 Å². The van der Waals surface area contributed by atoms with E-state index in [0.29, 0.717) is 15.6 Å². The minimum absolute atomic E-state index is 0.180. The average Bonchev–Trinajstić information content (AvgIpc) is 2.84. The Labute approximate surface area is 118 Å². The molecule has 2 aromatic heterocycles. The van der Waals surface area contributed by atoms with Gasteiger partial charge in [-0.05, 0) is 49.0 Å². The topological polar surface area (TPSA) is 47.3 Å². The lowest BCUT2D eigenvalue weighted by molar-refractivity contribution is 0.101. The number of rotatable bonds is 3. The van der Waals surface area contributed by atoms with E-state index < -0.39 is 5.82 Å². The van der Waals surface area contributed by atoms with Gasteiger partial charge in [0.05, 0.1) is 0 Å². The second-order valence-electron chi connectivity index (χ2n) is 4.21. The molecule has 3 rings (SSSR count). The summed E-state index contributed by atoms with van der Waals surface area (Å²) in [5, 5.41) is 8.76. The van der Waals surface area contributed by atoms with Gasteiger partial charge in [-0.3, -0.25) is 9.20 Å². The molecule has 2 heterocycles. The van der Waals surface area contributed by atoms with Gasteiger partial charge in [0, 0.05) is 16.7 Å². The van der Waals surface area contributed by atoms with Crippen LogP contribution in [-0.4, -0.2) is 20.4 Å². The van der Waals surface area contributed by atoms with Crippen molar-refractivity contribution in [2.75, 3.05) is 0 Å².